The van der Waals surface area contributed by atoms with Crippen LogP contribution in [-0.2, 0) is 11.3 Å². The van der Waals surface area contributed by atoms with E-state index in [1.165, 1.54) is 10.8 Å². The summed E-state index contributed by atoms with van der Waals surface area (Å²) in [7, 11) is 1.83. The second kappa shape index (κ2) is 6.97. The van der Waals surface area contributed by atoms with Gasteiger partial charge in [0.15, 0.2) is 0 Å². The molecule has 1 N–H and O–H groups in total. The van der Waals surface area contributed by atoms with Gasteiger partial charge in [-0.25, -0.2) is 0 Å². The molecule has 0 aromatic heterocycles. The molecule has 0 aliphatic rings. The molecule has 3 nitrogen and oxygen atoms in total. The summed E-state index contributed by atoms with van der Waals surface area (Å²) in [5.74, 6) is 0.0713. The highest BCUT2D eigenvalue weighted by molar-refractivity contribution is 5.87. The van der Waals surface area contributed by atoms with E-state index in [1.54, 1.807) is 4.90 Å². The van der Waals surface area contributed by atoms with E-state index >= 15 is 0 Å². The molecule has 0 unspecified atom stereocenters. The highest BCUT2D eigenvalue weighted by atomic mass is 16.2. The van der Waals surface area contributed by atoms with Crippen LogP contribution in [-0.4, -0.2) is 24.4 Å². The van der Waals surface area contributed by atoms with Gasteiger partial charge in [0, 0.05) is 19.3 Å². The van der Waals surface area contributed by atoms with E-state index in [9.17, 15) is 4.79 Å². The molecule has 0 radical (unpaired) electrons. The molecule has 0 saturated heterocycles. The zero-order valence-corrected chi connectivity index (χ0v) is 13.2. The van der Waals surface area contributed by atoms with Crippen molar-refractivity contribution in [3.05, 3.63) is 78.4 Å². The van der Waals surface area contributed by atoms with Crippen LogP contribution in [0.1, 0.15) is 5.56 Å². The second-order valence-corrected chi connectivity index (χ2v) is 5.65. The Labute approximate surface area is 136 Å². The third-order valence-corrected chi connectivity index (χ3v) is 3.88. The zero-order chi connectivity index (χ0) is 16.1. The van der Waals surface area contributed by atoms with Gasteiger partial charge in [-0.1, -0.05) is 60.7 Å². The Morgan fingerprint density at radius 3 is 2.39 bits per heavy atom. The van der Waals surface area contributed by atoms with E-state index in [4.69, 9.17) is 0 Å². The first kappa shape index (κ1) is 15.1. The average Bonchev–Trinajstić information content (AvgIpc) is 2.60. The van der Waals surface area contributed by atoms with Crippen LogP contribution in [0, 0.1) is 0 Å². The summed E-state index contributed by atoms with van der Waals surface area (Å²) >= 11 is 0. The Hall–Kier alpha value is -2.81. The van der Waals surface area contributed by atoms with Gasteiger partial charge in [0.05, 0.1) is 6.54 Å². The van der Waals surface area contributed by atoms with E-state index in [2.05, 4.69) is 29.6 Å². The van der Waals surface area contributed by atoms with Gasteiger partial charge in [-0.05, 0) is 28.5 Å². The minimum Gasteiger partial charge on any atom is -0.376 e. The van der Waals surface area contributed by atoms with Crippen molar-refractivity contribution in [3.63, 3.8) is 0 Å². The molecule has 0 fully saturated rings. The van der Waals surface area contributed by atoms with Crippen molar-refractivity contribution in [3.8, 4) is 0 Å². The minimum atomic E-state index is 0.0713. The Morgan fingerprint density at radius 2 is 1.61 bits per heavy atom. The molecule has 1 amide bonds. The fourth-order valence-corrected chi connectivity index (χ4v) is 2.56. The van der Waals surface area contributed by atoms with E-state index < -0.39 is 0 Å². The Kier molecular flexibility index (Phi) is 4.57. The highest BCUT2D eigenvalue weighted by Gasteiger charge is 2.09. The van der Waals surface area contributed by atoms with E-state index in [-0.39, 0.29) is 5.91 Å². The normalized spacial score (nSPS) is 10.5. The van der Waals surface area contributed by atoms with Crippen molar-refractivity contribution in [2.24, 2.45) is 0 Å². The Morgan fingerprint density at radius 1 is 0.913 bits per heavy atom. The molecule has 3 aromatic rings. The number of carbonyl (C=O) groups excluding carboxylic acids is 1. The smallest absolute Gasteiger partial charge is 0.241 e. The number of rotatable bonds is 5. The van der Waals surface area contributed by atoms with Gasteiger partial charge < -0.3 is 10.2 Å². The van der Waals surface area contributed by atoms with Gasteiger partial charge in [-0.15, -0.1) is 0 Å². The molecular weight excluding hydrogens is 284 g/mol. The van der Waals surface area contributed by atoms with Crippen LogP contribution in [0.15, 0.2) is 72.8 Å². The molecule has 3 rings (SSSR count). The lowest BCUT2D eigenvalue weighted by molar-refractivity contribution is -0.128. The summed E-state index contributed by atoms with van der Waals surface area (Å²) in [6.07, 6.45) is 0. The SMILES string of the molecule is CN(Cc1ccccc1)C(=O)CNc1ccc2ccccc2c1. The molecule has 0 spiro atoms. The summed E-state index contributed by atoms with van der Waals surface area (Å²) in [4.78, 5) is 14.0. The minimum absolute atomic E-state index is 0.0713. The quantitative estimate of drug-likeness (QED) is 0.775. The molecule has 3 heteroatoms. The second-order valence-electron chi connectivity index (χ2n) is 5.65. The third-order valence-electron chi connectivity index (χ3n) is 3.88. The van der Waals surface area contributed by atoms with Crippen molar-refractivity contribution < 1.29 is 4.79 Å². The molecule has 23 heavy (non-hydrogen) atoms. The van der Waals surface area contributed by atoms with Gasteiger partial charge >= 0.3 is 0 Å². The summed E-state index contributed by atoms with van der Waals surface area (Å²) < 4.78 is 0. The predicted molar refractivity (Wildman–Crippen MR) is 95.4 cm³/mol. The Balaban J connectivity index is 1.59. The lowest BCUT2D eigenvalue weighted by Crippen LogP contribution is -2.31. The van der Waals surface area contributed by atoms with Crippen LogP contribution in [0.3, 0.4) is 0 Å². The first-order chi connectivity index (χ1) is 11.2. The van der Waals surface area contributed by atoms with E-state index in [0.29, 0.717) is 13.1 Å². The summed E-state index contributed by atoms with van der Waals surface area (Å²) in [6.45, 7) is 0.917. The van der Waals surface area contributed by atoms with Crippen molar-refractivity contribution in [1.29, 1.82) is 0 Å². The van der Waals surface area contributed by atoms with Crippen molar-refractivity contribution in [2.45, 2.75) is 6.54 Å². The Bertz CT molecular complexity index is 799. The number of nitrogens with zero attached hydrogens (tertiary/aromatic N) is 1. The zero-order valence-electron chi connectivity index (χ0n) is 13.2. The van der Waals surface area contributed by atoms with Crippen molar-refractivity contribution >= 4 is 22.4 Å². The number of likely N-dealkylation sites (N-methyl/N-ethyl adjacent to an activating group) is 1. The van der Waals surface area contributed by atoms with Crippen molar-refractivity contribution in [2.75, 3.05) is 18.9 Å². The number of anilines is 1. The van der Waals surface area contributed by atoms with Crippen LogP contribution in [0.2, 0.25) is 0 Å². The topological polar surface area (TPSA) is 32.3 Å². The number of nitrogens with one attached hydrogen (secondary N) is 1. The van der Waals surface area contributed by atoms with E-state index in [1.807, 2.05) is 55.6 Å². The fraction of sp³-hybridized carbons (Fsp3) is 0.150. The molecule has 0 saturated carbocycles. The maximum absolute atomic E-state index is 12.2. The average molecular weight is 304 g/mol. The molecule has 0 bridgehead atoms. The highest BCUT2D eigenvalue weighted by Crippen LogP contribution is 2.18. The molecule has 0 heterocycles. The number of hydrogen-bond acceptors (Lipinski definition) is 2. The number of benzene rings is 3. The molecular formula is C20H20N2O. The van der Waals surface area contributed by atoms with Gasteiger partial charge in [0.2, 0.25) is 5.91 Å². The van der Waals surface area contributed by atoms with Crippen LogP contribution in [0.4, 0.5) is 5.69 Å². The number of carbonyl (C=O) groups is 1. The van der Waals surface area contributed by atoms with Crippen LogP contribution in [0.5, 0.6) is 0 Å². The van der Waals surface area contributed by atoms with Crippen LogP contribution >= 0.6 is 0 Å². The first-order valence-electron chi connectivity index (χ1n) is 7.73. The summed E-state index contributed by atoms with van der Waals surface area (Å²) in [5.41, 5.74) is 2.10. The molecule has 0 aliphatic carbocycles. The van der Waals surface area contributed by atoms with Crippen LogP contribution < -0.4 is 5.32 Å². The third kappa shape index (κ3) is 3.89. The number of fused-ring (bicyclic) bond motifs is 1. The fourth-order valence-electron chi connectivity index (χ4n) is 2.56. The molecule has 116 valence electrons. The van der Waals surface area contributed by atoms with Gasteiger partial charge in [-0.3, -0.25) is 4.79 Å². The monoisotopic (exact) mass is 304 g/mol. The predicted octanol–water partition coefficient (Wildman–Crippen LogP) is 3.91. The molecule has 3 aromatic carbocycles. The maximum Gasteiger partial charge on any atom is 0.241 e. The largest absolute Gasteiger partial charge is 0.376 e. The van der Waals surface area contributed by atoms with Crippen LogP contribution in [0.25, 0.3) is 10.8 Å². The summed E-state index contributed by atoms with van der Waals surface area (Å²) in [6, 6.07) is 24.3. The maximum atomic E-state index is 12.2. The summed E-state index contributed by atoms with van der Waals surface area (Å²) in [5, 5.41) is 5.58. The lowest BCUT2D eigenvalue weighted by atomic mass is 10.1. The van der Waals surface area contributed by atoms with Gasteiger partial charge in [0.25, 0.3) is 0 Å². The standard InChI is InChI=1S/C20H20N2O/c1-22(15-16-7-3-2-4-8-16)20(23)14-21-19-12-11-17-9-5-6-10-18(17)13-19/h2-13,21H,14-15H2,1H3. The number of amides is 1. The van der Waals surface area contributed by atoms with E-state index in [0.717, 1.165) is 11.3 Å². The number of hydrogen-bond donors (Lipinski definition) is 1. The first-order valence-corrected chi connectivity index (χ1v) is 7.73. The molecule has 0 atom stereocenters. The van der Waals surface area contributed by atoms with Gasteiger partial charge in [-0.2, -0.15) is 0 Å². The molecule has 0 aliphatic heterocycles. The van der Waals surface area contributed by atoms with Crippen molar-refractivity contribution in [1.82, 2.24) is 4.90 Å². The van der Waals surface area contributed by atoms with Gasteiger partial charge in [0.1, 0.15) is 0 Å². The lowest BCUT2D eigenvalue weighted by Gasteiger charge is -2.18.